The SMILES string of the molecule is Oc1ccc(C2=C(c3ccc(/C=C/c4ccccc4)cc3)c3ccc(F)cc3OCC2)cc1. The van der Waals surface area contributed by atoms with Gasteiger partial charge in [0, 0.05) is 18.1 Å². The number of phenols is 1. The Hall–Kier alpha value is -4.11. The molecule has 162 valence electrons. The molecule has 4 aromatic rings. The maximum Gasteiger partial charge on any atom is 0.130 e. The summed E-state index contributed by atoms with van der Waals surface area (Å²) in [6.07, 6.45) is 4.85. The average molecular weight is 435 g/mol. The van der Waals surface area contributed by atoms with Gasteiger partial charge in [-0.15, -0.1) is 0 Å². The van der Waals surface area contributed by atoms with Crippen molar-refractivity contribution in [1.82, 2.24) is 0 Å². The van der Waals surface area contributed by atoms with Gasteiger partial charge in [-0.05, 0) is 57.7 Å². The molecule has 1 N–H and O–H groups in total. The van der Waals surface area contributed by atoms with Crippen LogP contribution in [0.2, 0.25) is 0 Å². The maximum atomic E-state index is 14.0. The van der Waals surface area contributed by atoms with Crippen LogP contribution < -0.4 is 4.74 Å². The largest absolute Gasteiger partial charge is 0.508 e. The first-order chi connectivity index (χ1) is 16.2. The zero-order valence-corrected chi connectivity index (χ0v) is 18.0. The quantitative estimate of drug-likeness (QED) is 0.338. The summed E-state index contributed by atoms with van der Waals surface area (Å²) in [7, 11) is 0. The smallest absolute Gasteiger partial charge is 0.130 e. The highest BCUT2D eigenvalue weighted by atomic mass is 19.1. The molecule has 0 bridgehead atoms. The van der Waals surface area contributed by atoms with Gasteiger partial charge >= 0.3 is 0 Å². The van der Waals surface area contributed by atoms with Crippen molar-refractivity contribution in [3.63, 3.8) is 0 Å². The van der Waals surface area contributed by atoms with Crippen LogP contribution in [0.5, 0.6) is 11.5 Å². The molecule has 0 radical (unpaired) electrons. The van der Waals surface area contributed by atoms with E-state index in [4.69, 9.17) is 4.74 Å². The molecule has 2 nitrogen and oxygen atoms in total. The molecule has 5 rings (SSSR count). The van der Waals surface area contributed by atoms with Crippen molar-refractivity contribution >= 4 is 23.3 Å². The summed E-state index contributed by atoms with van der Waals surface area (Å²) in [5.41, 5.74) is 7.28. The number of phenolic OH excluding ortho intramolecular Hbond substituents is 1. The van der Waals surface area contributed by atoms with Gasteiger partial charge in [0.25, 0.3) is 0 Å². The zero-order valence-electron chi connectivity index (χ0n) is 18.0. The van der Waals surface area contributed by atoms with Gasteiger partial charge in [-0.3, -0.25) is 0 Å². The van der Waals surface area contributed by atoms with Crippen LogP contribution in [-0.4, -0.2) is 11.7 Å². The summed E-state index contributed by atoms with van der Waals surface area (Å²) in [5.74, 6) is 0.456. The van der Waals surface area contributed by atoms with E-state index in [-0.39, 0.29) is 11.6 Å². The van der Waals surface area contributed by atoms with E-state index in [0.29, 0.717) is 18.8 Å². The predicted molar refractivity (Wildman–Crippen MR) is 132 cm³/mol. The van der Waals surface area contributed by atoms with Gasteiger partial charge in [0.1, 0.15) is 17.3 Å². The minimum atomic E-state index is -0.317. The van der Waals surface area contributed by atoms with E-state index in [1.807, 2.05) is 30.3 Å². The summed E-state index contributed by atoms with van der Waals surface area (Å²) in [4.78, 5) is 0. The van der Waals surface area contributed by atoms with E-state index < -0.39 is 0 Å². The Kier molecular flexibility index (Phi) is 5.77. The van der Waals surface area contributed by atoms with Crippen molar-refractivity contribution in [3.05, 3.63) is 131 Å². The fraction of sp³-hybridized carbons (Fsp3) is 0.0667. The lowest BCUT2D eigenvalue weighted by atomic mass is 9.88. The van der Waals surface area contributed by atoms with Crippen LogP contribution >= 0.6 is 0 Å². The van der Waals surface area contributed by atoms with Crippen molar-refractivity contribution in [3.8, 4) is 11.5 Å². The van der Waals surface area contributed by atoms with E-state index in [1.54, 1.807) is 18.2 Å². The van der Waals surface area contributed by atoms with Crippen LogP contribution in [0.4, 0.5) is 4.39 Å². The maximum absolute atomic E-state index is 14.0. The Bertz CT molecular complexity index is 1320. The number of ether oxygens (including phenoxy) is 1. The third-order valence-corrected chi connectivity index (χ3v) is 5.81. The highest BCUT2D eigenvalue weighted by molar-refractivity contribution is 6.00. The molecule has 0 aliphatic carbocycles. The molecule has 0 atom stereocenters. The molecule has 33 heavy (non-hydrogen) atoms. The van der Waals surface area contributed by atoms with Gasteiger partial charge in [0.05, 0.1) is 6.61 Å². The summed E-state index contributed by atoms with van der Waals surface area (Å²) in [6.45, 7) is 0.452. The minimum absolute atomic E-state index is 0.225. The molecular formula is C30H23FO2. The first kappa shape index (κ1) is 20.8. The van der Waals surface area contributed by atoms with Crippen molar-refractivity contribution in [2.45, 2.75) is 6.42 Å². The lowest BCUT2D eigenvalue weighted by molar-refractivity contribution is 0.326. The zero-order chi connectivity index (χ0) is 22.6. The van der Waals surface area contributed by atoms with Crippen LogP contribution in [-0.2, 0) is 0 Å². The van der Waals surface area contributed by atoms with E-state index in [9.17, 15) is 9.50 Å². The van der Waals surface area contributed by atoms with Crippen molar-refractivity contribution in [1.29, 1.82) is 0 Å². The number of rotatable bonds is 4. The summed E-state index contributed by atoms with van der Waals surface area (Å²) in [5, 5.41) is 9.76. The molecule has 0 amide bonds. The molecule has 0 unspecified atom stereocenters. The summed E-state index contributed by atoms with van der Waals surface area (Å²) < 4.78 is 19.9. The van der Waals surface area contributed by atoms with Gasteiger partial charge < -0.3 is 9.84 Å². The van der Waals surface area contributed by atoms with Crippen LogP contribution in [0.3, 0.4) is 0 Å². The molecule has 0 aromatic heterocycles. The fourth-order valence-electron chi connectivity index (χ4n) is 4.17. The van der Waals surface area contributed by atoms with Crippen LogP contribution in [0, 0.1) is 5.82 Å². The minimum Gasteiger partial charge on any atom is -0.508 e. The van der Waals surface area contributed by atoms with Gasteiger partial charge in [0.15, 0.2) is 0 Å². The van der Waals surface area contributed by atoms with E-state index in [0.717, 1.165) is 39.0 Å². The summed E-state index contributed by atoms with van der Waals surface area (Å²) >= 11 is 0. The van der Waals surface area contributed by atoms with Crippen LogP contribution in [0.1, 0.15) is 34.2 Å². The molecule has 3 heteroatoms. The lowest BCUT2D eigenvalue weighted by Crippen LogP contribution is -1.97. The number of halogens is 1. The molecule has 0 saturated heterocycles. The number of fused-ring (bicyclic) bond motifs is 1. The monoisotopic (exact) mass is 434 g/mol. The number of hydrogen-bond acceptors (Lipinski definition) is 2. The van der Waals surface area contributed by atoms with Crippen molar-refractivity contribution in [2.24, 2.45) is 0 Å². The second-order valence-corrected chi connectivity index (χ2v) is 8.01. The fourth-order valence-corrected chi connectivity index (χ4v) is 4.17. The highest BCUT2D eigenvalue weighted by Gasteiger charge is 2.21. The molecule has 0 spiro atoms. The number of hydrogen-bond donors (Lipinski definition) is 1. The van der Waals surface area contributed by atoms with E-state index >= 15 is 0 Å². The van der Waals surface area contributed by atoms with E-state index in [2.05, 4.69) is 48.6 Å². The Balaban J connectivity index is 1.60. The number of benzene rings is 4. The first-order valence-electron chi connectivity index (χ1n) is 11.0. The summed E-state index contributed by atoms with van der Waals surface area (Å²) in [6, 6.07) is 30.5. The lowest BCUT2D eigenvalue weighted by Gasteiger charge is -2.15. The Labute approximate surface area is 192 Å². The molecule has 0 fully saturated rings. The molecule has 0 saturated carbocycles. The Morgan fingerprint density at radius 1 is 0.727 bits per heavy atom. The van der Waals surface area contributed by atoms with Gasteiger partial charge in [-0.2, -0.15) is 0 Å². The standard InChI is InChI=1S/C30H23FO2/c31-25-14-17-28-29(20-25)33-19-18-27(23-12-15-26(32)16-13-23)30(28)24-10-8-22(9-11-24)7-6-21-4-2-1-3-5-21/h1-17,20,32H,18-19H2/b7-6+. The van der Waals surface area contributed by atoms with Crippen LogP contribution in [0.15, 0.2) is 97.1 Å². The second-order valence-electron chi connectivity index (χ2n) is 8.01. The molecule has 4 aromatic carbocycles. The van der Waals surface area contributed by atoms with Gasteiger partial charge in [0.2, 0.25) is 0 Å². The van der Waals surface area contributed by atoms with Gasteiger partial charge in [-0.1, -0.05) is 78.9 Å². The average Bonchev–Trinajstić information content (AvgIpc) is 3.03. The topological polar surface area (TPSA) is 29.5 Å². The molecule has 1 aliphatic heterocycles. The molecule has 1 heterocycles. The van der Waals surface area contributed by atoms with Crippen LogP contribution in [0.25, 0.3) is 23.3 Å². The Morgan fingerprint density at radius 2 is 1.39 bits per heavy atom. The van der Waals surface area contributed by atoms with E-state index in [1.165, 1.54) is 12.1 Å². The molecular weight excluding hydrogens is 411 g/mol. The number of aromatic hydroxyl groups is 1. The third-order valence-electron chi connectivity index (χ3n) is 5.81. The third kappa shape index (κ3) is 4.58. The second kappa shape index (κ2) is 9.17. The van der Waals surface area contributed by atoms with Gasteiger partial charge in [-0.25, -0.2) is 4.39 Å². The van der Waals surface area contributed by atoms with Crippen molar-refractivity contribution < 1.29 is 14.2 Å². The highest BCUT2D eigenvalue weighted by Crippen LogP contribution is 2.41. The molecule has 1 aliphatic rings. The first-order valence-corrected chi connectivity index (χ1v) is 11.0. The Morgan fingerprint density at radius 3 is 2.12 bits per heavy atom. The predicted octanol–water partition coefficient (Wildman–Crippen LogP) is 7.44. The van der Waals surface area contributed by atoms with Crippen molar-refractivity contribution in [2.75, 3.05) is 6.61 Å². The normalized spacial score (nSPS) is 13.5.